The van der Waals surface area contributed by atoms with Crippen molar-refractivity contribution < 1.29 is 43.5 Å². The number of phenolic OH excluding ortho intramolecular Hbond substituents is 2. The average Bonchev–Trinajstić information content (AvgIpc) is 4.34. The molecule has 0 radical (unpaired) electrons. The van der Waals surface area contributed by atoms with E-state index in [2.05, 4.69) is 15.6 Å². The third-order valence-electron chi connectivity index (χ3n) is 14.8. The molecule has 5 fully saturated rings. The van der Waals surface area contributed by atoms with Crippen LogP contribution in [0, 0.1) is 11.8 Å². The van der Waals surface area contributed by atoms with Crippen LogP contribution >= 0.6 is 0 Å². The second-order valence-electron chi connectivity index (χ2n) is 23.6. The van der Waals surface area contributed by atoms with Gasteiger partial charge in [0.15, 0.2) is 0 Å². The normalized spacial score (nSPS) is 19.1. The Morgan fingerprint density at radius 2 is 1.09 bits per heavy atom. The number of rotatable bonds is 14. The van der Waals surface area contributed by atoms with Crippen LogP contribution in [0.25, 0.3) is 22.5 Å². The standard InChI is InChI=1S/C33H47N5O5.C26H36N4O4/c1-33(2,3)43-32(41)38-16-8-9-22(19-38)24-17-26(29-27(39)12-7-13-28(29)42-20-21-14-15-21)37-30(34)25(24)18-35-31(40)36-23-10-5-4-6-11-23;1-26(2,3)34-25(32)30-11-5-6-17(14-30)18-12-20(29-24(28)19(18)13-27)23-21(31)7-4-8-22(23)33-15-16-9-10-16/h7,12-13,17,21-23,39H,4-6,8-11,14-16,18-20H2,1-3H3,(H2,34,37)(H2,35,36,40);4,7-8,12,16-17,31H,5-6,9-11,13-15,27H2,1-3H3,(H2,28,29). The third kappa shape index (κ3) is 15.5. The molecule has 4 heterocycles. The number of benzene rings is 2. The Hall–Kier alpha value is -6.69. The van der Waals surface area contributed by atoms with Crippen LogP contribution < -0.4 is 37.3 Å². The number of pyridine rings is 2. The predicted octanol–water partition coefficient (Wildman–Crippen LogP) is 10.5. The van der Waals surface area contributed by atoms with Gasteiger partial charge in [-0.05, 0) is 165 Å². The maximum atomic E-state index is 13.0. The summed E-state index contributed by atoms with van der Waals surface area (Å²) in [4.78, 5) is 51.4. The summed E-state index contributed by atoms with van der Waals surface area (Å²) < 4.78 is 23.4. The molecule has 2 atom stereocenters. The number of nitrogen functional groups attached to an aromatic ring is 2. The molecule has 9 rings (SSSR count). The number of phenols is 2. The molecule has 2 aromatic heterocycles. The van der Waals surface area contributed by atoms with Gasteiger partial charge in [0, 0.05) is 68.3 Å². The summed E-state index contributed by atoms with van der Waals surface area (Å²) >= 11 is 0. The lowest BCUT2D eigenvalue weighted by molar-refractivity contribution is 0.0188. The Kier molecular flexibility index (Phi) is 18.2. The van der Waals surface area contributed by atoms with Crippen molar-refractivity contribution in [1.82, 2.24) is 30.4 Å². The van der Waals surface area contributed by atoms with Gasteiger partial charge in [0.1, 0.15) is 45.8 Å². The molecule has 3 saturated carbocycles. The number of carbonyl (C=O) groups is 3. The fraction of sp³-hybridized carbons (Fsp3) is 0.576. The summed E-state index contributed by atoms with van der Waals surface area (Å²) in [6.45, 7) is 15.0. The maximum Gasteiger partial charge on any atom is 0.410 e. The van der Waals surface area contributed by atoms with E-state index in [0.717, 1.165) is 86.5 Å². The van der Waals surface area contributed by atoms with E-state index in [1.165, 1.54) is 19.3 Å². The molecule has 2 aliphatic heterocycles. The van der Waals surface area contributed by atoms with Crippen LogP contribution in [0.1, 0.15) is 159 Å². The van der Waals surface area contributed by atoms with E-state index in [4.69, 9.17) is 41.1 Å². The molecule has 4 amide bonds. The van der Waals surface area contributed by atoms with Crippen molar-refractivity contribution in [3.8, 4) is 45.5 Å². The van der Waals surface area contributed by atoms with Crippen molar-refractivity contribution in [3.63, 3.8) is 0 Å². The van der Waals surface area contributed by atoms with E-state index >= 15 is 0 Å². The first kappa shape index (κ1) is 56.5. The SMILES string of the molecule is CC(C)(C)OC(=O)N1CCCC(c2cc(-c3c(O)cccc3OCC3CC3)nc(N)c2CN)C1.CC(C)(C)OC(=O)N1CCCC(c2cc(-c3c(O)cccc3OCC3CC3)nc(N)c2CNC(=O)NC2CCCCC2)C1. The number of nitrogens with one attached hydrogen (secondary N) is 2. The highest BCUT2D eigenvalue weighted by atomic mass is 16.6. The number of hydrogen-bond acceptors (Lipinski definition) is 14. The summed E-state index contributed by atoms with van der Waals surface area (Å²) in [6, 6.07) is 14.3. The number of amides is 4. The van der Waals surface area contributed by atoms with E-state index in [9.17, 15) is 24.6 Å². The largest absolute Gasteiger partial charge is 0.507 e. The van der Waals surface area contributed by atoms with Crippen molar-refractivity contribution >= 4 is 29.9 Å². The van der Waals surface area contributed by atoms with Crippen LogP contribution in [0.4, 0.5) is 26.0 Å². The molecule has 5 aliphatic rings. The van der Waals surface area contributed by atoms with E-state index in [0.29, 0.717) is 91.1 Å². The molecule has 2 aromatic carbocycles. The van der Waals surface area contributed by atoms with Gasteiger partial charge in [-0.15, -0.1) is 0 Å². The van der Waals surface area contributed by atoms with Crippen molar-refractivity contribution in [3.05, 3.63) is 70.8 Å². The summed E-state index contributed by atoms with van der Waals surface area (Å²) in [5, 5.41) is 27.8. The Bertz CT molecular complexity index is 2710. The second-order valence-corrected chi connectivity index (χ2v) is 23.6. The average molecular weight is 1060 g/mol. The van der Waals surface area contributed by atoms with Crippen molar-refractivity contribution in [2.24, 2.45) is 17.6 Å². The number of anilines is 2. The number of aromatic hydroxyl groups is 2. The van der Waals surface area contributed by atoms with Gasteiger partial charge in [0.2, 0.25) is 0 Å². The number of hydrogen-bond donors (Lipinski definition) is 7. The second kappa shape index (κ2) is 24.8. The van der Waals surface area contributed by atoms with Gasteiger partial charge < -0.3 is 66.8 Å². The summed E-state index contributed by atoms with van der Waals surface area (Å²) in [7, 11) is 0. The van der Waals surface area contributed by atoms with Crippen molar-refractivity contribution in [2.45, 2.75) is 167 Å². The third-order valence-corrected chi connectivity index (χ3v) is 14.8. The lowest BCUT2D eigenvalue weighted by Crippen LogP contribution is -2.43. The van der Waals surface area contributed by atoms with Gasteiger partial charge in [-0.1, -0.05) is 31.4 Å². The highest BCUT2D eigenvalue weighted by molar-refractivity contribution is 5.78. The lowest BCUT2D eigenvalue weighted by atomic mass is 9.86. The number of nitrogens with zero attached hydrogens (tertiary/aromatic N) is 4. The first-order valence-electron chi connectivity index (χ1n) is 27.9. The predicted molar refractivity (Wildman–Crippen MR) is 298 cm³/mol. The van der Waals surface area contributed by atoms with Crippen LogP contribution in [-0.4, -0.2) is 105 Å². The van der Waals surface area contributed by atoms with Gasteiger partial charge in [-0.2, -0.15) is 0 Å². The zero-order valence-corrected chi connectivity index (χ0v) is 46.1. The summed E-state index contributed by atoms with van der Waals surface area (Å²) in [6.07, 6.45) is 12.8. The minimum Gasteiger partial charge on any atom is -0.507 e. The molecule has 18 heteroatoms. The molecule has 2 saturated heterocycles. The van der Waals surface area contributed by atoms with Gasteiger partial charge in [-0.3, -0.25) is 0 Å². The fourth-order valence-corrected chi connectivity index (χ4v) is 10.5. The Morgan fingerprint density at radius 1 is 0.636 bits per heavy atom. The van der Waals surface area contributed by atoms with Gasteiger partial charge in [0.25, 0.3) is 0 Å². The van der Waals surface area contributed by atoms with E-state index in [-0.39, 0.29) is 66.5 Å². The van der Waals surface area contributed by atoms with E-state index < -0.39 is 11.2 Å². The number of urea groups is 1. The zero-order chi connectivity index (χ0) is 55.0. The van der Waals surface area contributed by atoms with E-state index in [1.807, 2.05) is 65.8 Å². The maximum absolute atomic E-state index is 13.0. The van der Waals surface area contributed by atoms with E-state index in [1.54, 1.807) is 34.1 Å². The van der Waals surface area contributed by atoms with Crippen LogP contribution in [0.3, 0.4) is 0 Å². The van der Waals surface area contributed by atoms with Crippen LogP contribution in [0.2, 0.25) is 0 Å². The van der Waals surface area contributed by atoms with Crippen molar-refractivity contribution in [1.29, 1.82) is 0 Å². The molecule has 418 valence electrons. The molecule has 77 heavy (non-hydrogen) atoms. The zero-order valence-electron chi connectivity index (χ0n) is 46.1. The minimum atomic E-state index is -0.596. The molecule has 0 spiro atoms. The van der Waals surface area contributed by atoms with Gasteiger partial charge in [0.05, 0.1) is 35.7 Å². The Labute approximate surface area is 454 Å². The molecular weight excluding hydrogens is 979 g/mol. The number of piperidine rings is 2. The number of likely N-dealkylation sites (tertiary alicyclic amines) is 2. The fourth-order valence-electron chi connectivity index (χ4n) is 10.5. The lowest BCUT2D eigenvalue weighted by Gasteiger charge is -2.35. The summed E-state index contributed by atoms with van der Waals surface area (Å²) in [5.41, 5.74) is 23.3. The monoisotopic (exact) mass is 1060 g/mol. The Morgan fingerprint density at radius 3 is 1.53 bits per heavy atom. The van der Waals surface area contributed by atoms with Crippen LogP contribution in [0.5, 0.6) is 23.0 Å². The first-order chi connectivity index (χ1) is 36.7. The minimum absolute atomic E-state index is 0.0329. The number of nitrogens with two attached hydrogens (primary N) is 3. The Balaban J connectivity index is 0.000000209. The van der Waals surface area contributed by atoms with Gasteiger partial charge >= 0.3 is 18.2 Å². The van der Waals surface area contributed by atoms with Crippen LogP contribution in [-0.2, 0) is 22.6 Å². The topological polar surface area (TPSA) is 263 Å². The molecule has 10 N–H and O–H groups in total. The highest BCUT2D eigenvalue weighted by Gasteiger charge is 2.34. The molecular formula is C59H83N9O9. The number of carbonyl (C=O) groups excluding carboxylic acids is 3. The smallest absolute Gasteiger partial charge is 0.410 e. The first-order valence-corrected chi connectivity index (χ1v) is 27.9. The molecule has 0 bridgehead atoms. The van der Waals surface area contributed by atoms with Crippen molar-refractivity contribution in [2.75, 3.05) is 50.9 Å². The molecule has 18 nitrogen and oxygen atoms in total. The number of aromatic nitrogens is 2. The number of ether oxygens (including phenoxy) is 4. The molecule has 3 aliphatic carbocycles. The summed E-state index contributed by atoms with van der Waals surface area (Å²) in [5.74, 6) is 2.98. The molecule has 2 unspecified atom stereocenters. The van der Waals surface area contributed by atoms with Crippen LogP contribution in [0.15, 0.2) is 48.5 Å². The van der Waals surface area contributed by atoms with Gasteiger partial charge in [-0.25, -0.2) is 24.4 Å². The molecule has 4 aromatic rings. The highest BCUT2D eigenvalue weighted by Crippen LogP contribution is 2.44. The quantitative estimate of drug-likeness (QED) is 0.0620.